The van der Waals surface area contributed by atoms with Crippen LogP contribution in [0.5, 0.6) is 0 Å². The van der Waals surface area contributed by atoms with Gasteiger partial charge in [0.05, 0.1) is 11.9 Å². The Balaban J connectivity index is 1.77. The molecule has 1 saturated carbocycles. The van der Waals surface area contributed by atoms with Gasteiger partial charge in [-0.15, -0.1) is 0 Å². The lowest BCUT2D eigenvalue weighted by molar-refractivity contribution is -0.140. The molecule has 1 aliphatic rings. The number of carbonyl (C=O) groups excluding carboxylic acids is 2. The van der Waals surface area contributed by atoms with E-state index in [1.54, 1.807) is 43.3 Å². The lowest BCUT2D eigenvalue weighted by Crippen LogP contribution is -2.55. The number of nitrogens with one attached hydrogen (secondary N) is 1. The molecule has 2 amide bonds. The van der Waals surface area contributed by atoms with Crippen molar-refractivity contribution in [3.63, 3.8) is 0 Å². The minimum Gasteiger partial charge on any atom is -0.352 e. The Morgan fingerprint density at radius 2 is 1.58 bits per heavy atom. The number of halogens is 3. The minimum atomic E-state index is -3.91. The number of amides is 2. The summed E-state index contributed by atoms with van der Waals surface area (Å²) in [6.07, 6.45) is 6.16. The fourth-order valence-electron chi connectivity index (χ4n) is 5.45. The lowest BCUT2D eigenvalue weighted by Gasteiger charge is -2.35. The second-order valence-electron chi connectivity index (χ2n) is 11.0. The van der Waals surface area contributed by atoms with E-state index in [0.717, 1.165) is 48.2 Å². The first-order valence-electron chi connectivity index (χ1n) is 14.2. The number of carbonyl (C=O) groups is 2. The third-order valence-electron chi connectivity index (χ3n) is 7.72. The number of aryl methyl sites for hydroxylation is 1. The summed E-state index contributed by atoms with van der Waals surface area (Å²) in [4.78, 5) is 29.8. The average Bonchev–Trinajstić information content (AvgIpc) is 2.95. The number of anilines is 1. The zero-order valence-electron chi connectivity index (χ0n) is 24.2. The van der Waals surface area contributed by atoms with E-state index >= 15 is 0 Å². The van der Waals surface area contributed by atoms with Gasteiger partial charge in [-0.05, 0) is 61.2 Å². The molecule has 0 unspecified atom stereocenters. The predicted octanol–water partition coefficient (Wildman–Crippen LogP) is 6.81. The standard InChI is InChI=1S/C32H36Cl3N3O4S/c1-22-18-24(33)16-17-29(22)38(43(2,41)42)21-31(39)37(20-26-27(34)14-9-15-28(26)35)30(19-23-10-5-3-6-11-23)32(40)36-25-12-7-4-8-13-25/h3,5-6,9-11,14-18,25,30H,4,7-8,12-13,19-21H2,1-2H3,(H,36,40)/t30-/m1/s1. The average molecular weight is 665 g/mol. The SMILES string of the molecule is Cc1cc(Cl)ccc1N(CC(=O)N(Cc1c(Cl)cccc1Cl)[C@H](Cc1ccccc1)C(=O)NC1CCCCC1)S(C)(=O)=O. The van der Waals surface area contributed by atoms with Crippen LogP contribution < -0.4 is 9.62 Å². The Kier molecular flexibility index (Phi) is 11.4. The number of nitrogens with zero attached hydrogens (tertiary/aromatic N) is 2. The molecule has 11 heteroatoms. The van der Waals surface area contributed by atoms with Crippen LogP contribution >= 0.6 is 34.8 Å². The van der Waals surface area contributed by atoms with Crippen molar-refractivity contribution in [2.75, 3.05) is 17.1 Å². The number of sulfonamides is 1. The summed E-state index contributed by atoms with van der Waals surface area (Å²) in [7, 11) is -3.91. The van der Waals surface area contributed by atoms with Crippen LogP contribution in [0.15, 0.2) is 66.7 Å². The summed E-state index contributed by atoms with van der Waals surface area (Å²) in [5, 5.41) is 4.29. The van der Waals surface area contributed by atoms with Gasteiger partial charge in [-0.25, -0.2) is 8.42 Å². The lowest BCUT2D eigenvalue weighted by atomic mass is 9.94. The highest BCUT2D eigenvalue weighted by atomic mass is 35.5. The molecule has 7 nitrogen and oxygen atoms in total. The normalized spacial score (nSPS) is 14.6. The molecule has 1 fully saturated rings. The monoisotopic (exact) mass is 663 g/mol. The van der Waals surface area contributed by atoms with Crippen LogP contribution in [0.4, 0.5) is 5.69 Å². The van der Waals surface area contributed by atoms with Crippen LogP contribution in [0.2, 0.25) is 15.1 Å². The molecule has 0 radical (unpaired) electrons. The molecule has 1 N–H and O–H groups in total. The van der Waals surface area contributed by atoms with Crippen molar-refractivity contribution in [1.82, 2.24) is 10.2 Å². The van der Waals surface area contributed by atoms with Crippen LogP contribution in [0.3, 0.4) is 0 Å². The van der Waals surface area contributed by atoms with Gasteiger partial charge < -0.3 is 10.2 Å². The van der Waals surface area contributed by atoms with Gasteiger partial charge in [0, 0.05) is 39.6 Å². The summed E-state index contributed by atoms with van der Waals surface area (Å²) < 4.78 is 27.1. The van der Waals surface area contributed by atoms with E-state index in [1.807, 2.05) is 30.3 Å². The molecule has 3 aromatic rings. The number of rotatable bonds is 11. The molecule has 0 aliphatic heterocycles. The smallest absolute Gasteiger partial charge is 0.244 e. The molecule has 230 valence electrons. The van der Waals surface area contributed by atoms with Crippen molar-refractivity contribution in [3.05, 3.63) is 98.5 Å². The van der Waals surface area contributed by atoms with E-state index in [4.69, 9.17) is 34.8 Å². The molecule has 4 rings (SSSR count). The van der Waals surface area contributed by atoms with Gasteiger partial charge in [-0.2, -0.15) is 0 Å². The third-order valence-corrected chi connectivity index (χ3v) is 9.79. The first-order valence-corrected chi connectivity index (χ1v) is 17.2. The fourth-order valence-corrected chi connectivity index (χ4v) is 7.10. The molecule has 0 saturated heterocycles. The number of hydrogen-bond acceptors (Lipinski definition) is 4. The van der Waals surface area contributed by atoms with Crippen molar-refractivity contribution in [3.8, 4) is 0 Å². The summed E-state index contributed by atoms with van der Waals surface area (Å²) >= 11 is 19.2. The maximum absolute atomic E-state index is 14.3. The highest BCUT2D eigenvalue weighted by molar-refractivity contribution is 7.92. The van der Waals surface area contributed by atoms with Gasteiger partial charge in [-0.1, -0.05) is 90.5 Å². The van der Waals surface area contributed by atoms with Crippen LogP contribution in [0.25, 0.3) is 0 Å². The zero-order valence-corrected chi connectivity index (χ0v) is 27.3. The molecule has 43 heavy (non-hydrogen) atoms. The Labute approximate surface area is 269 Å². The molecule has 3 aromatic carbocycles. The van der Waals surface area contributed by atoms with Gasteiger partial charge >= 0.3 is 0 Å². The second-order valence-corrected chi connectivity index (χ2v) is 14.1. The van der Waals surface area contributed by atoms with Crippen molar-refractivity contribution >= 4 is 62.3 Å². The van der Waals surface area contributed by atoms with E-state index in [1.165, 1.54) is 4.90 Å². The largest absolute Gasteiger partial charge is 0.352 e. The first kappa shape index (κ1) is 33.1. The molecule has 0 bridgehead atoms. The number of benzene rings is 3. The summed E-state index contributed by atoms with van der Waals surface area (Å²) in [5.74, 6) is -0.878. The number of hydrogen-bond donors (Lipinski definition) is 1. The van der Waals surface area contributed by atoms with E-state index in [9.17, 15) is 18.0 Å². The Hall–Kier alpha value is -2.78. The van der Waals surface area contributed by atoms with Crippen molar-refractivity contribution in [2.24, 2.45) is 0 Å². The van der Waals surface area contributed by atoms with Crippen LogP contribution in [-0.4, -0.2) is 50.0 Å². The highest BCUT2D eigenvalue weighted by Crippen LogP contribution is 2.29. The van der Waals surface area contributed by atoms with Gasteiger partial charge in [-0.3, -0.25) is 13.9 Å². The molecule has 0 heterocycles. The molecule has 0 aromatic heterocycles. The van der Waals surface area contributed by atoms with Gasteiger partial charge in [0.2, 0.25) is 21.8 Å². The maximum atomic E-state index is 14.3. The van der Waals surface area contributed by atoms with Crippen molar-refractivity contribution in [1.29, 1.82) is 0 Å². The maximum Gasteiger partial charge on any atom is 0.244 e. The molecular formula is C32H36Cl3N3O4S. The molecule has 0 spiro atoms. The quantitative estimate of drug-likeness (QED) is 0.244. The van der Waals surface area contributed by atoms with E-state index in [0.29, 0.717) is 31.9 Å². The van der Waals surface area contributed by atoms with Crippen molar-refractivity contribution < 1.29 is 18.0 Å². The van der Waals surface area contributed by atoms with Crippen LogP contribution in [0.1, 0.15) is 48.8 Å². The van der Waals surface area contributed by atoms with Crippen molar-refractivity contribution in [2.45, 2.75) is 64.1 Å². The predicted molar refractivity (Wildman–Crippen MR) is 174 cm³/mol. The van der Waals surface area contributed by atoms with Gasteiger partial charge in [0.15, 0.2) is 0 Å². The van der Waals surface area contributed by atoms with Gasteiger partial charge in [0.1, 0.15) is 12.6 Å². The Bertz CT molecular complexity index is 1530. The van der Waals surface area contributed by atoms with E-state index in [-0.39, 0.29) is 24.9 Å². The zero-order chi connectivity index (χ0) is 31.1. The molecule has 1 atom stereocenters. The van der Waals surface area contributed by atoms with E-state index in [2.05, 4.69) is 5.32 Å². The topological polar surface area (TPSA) is 86.8 Å². The summed E-state index contributed by atoms with van der Waals surface area (Å²) in [6, 6.07) is 18.3. The molecular weight excluding hydrogens is 629 g/mol. The Morgan fingerprint density at radius 1 is 0.930 bits per heavy atom. The third kappa shape index (κ3) is 8.88. The molecule has 1 aliphatic carbocycles. The van der Waals surface area contributed by atoms with Gasteiger partial charge in [0.25, 0.3) is 0 Å². The minimum absolute atomic E-state index is 0.00427. The summed E-state index contributed by atoms with van der Waals surface area (Å²) in [5.41, 5.74) is 2.23. The van der Waals surface area contributed by atoms with Crippen LogP contribution in [-0.2, 0) is 32.6 Å². The van der Waals surface area contributed by atoms with E-state index < -0.39 is 28.5 Å². The highest BCUT2D eigenvalue weighted by Gasteiger charge is 2.35. The van der Waals surface area contributed by atoms with Crippen LogP contribution in [0, 0.1) is 6.92 Å². The Morgan fingerprint density at radius 3 is 2.19 bits per heavy atom. The second kappa shape index (κ2) is 14.8. The fraction of sp³-hybridized carbons (Fsp3) is 0.375. The first-order chi connectivity index (χ1) is 20.4. The summed E-state index contributed by atoms with van der Waals surface area (Å²) in [6.45, 7) is 1.09.